The third-order valence-electron chi connectivity index (χ3n) is 5.04. The Bertz CT molecular complexity index is 1540. The fourth-order valence-corrected chi connectivity index (χ4v) is 5.82. The van der Waals surface area contributed by atoms with Crippen LogP contribution in [0.5, 0.6) is 11.5 Å². The molecule has 1 fully saturated rings. The second kappa shape index (κ2) is 11.1. The second-order valence-electron chi connectivity index (χ2n) is 7.54. The molecule has 1 aliphatic rings. The van der Waals surface area contributed by atoms with Crippen LogP contribution in [0, 0.1) is 0 Å². The Kier molecular flexibility index (Phi) is 8.32. The van der Waals surface area contributed by atoms with E-state index in [1.807, 2.05) is 0 Å². The first-order chi connectivity index (χ1) is 17.5. The zero-order valence-electron chi connectivity index (χ0n) is 18.7. The quantitative estimate of drug-likeness (QED) is 0.202. The number of hydrogen-bond acceptors (Lipinski definition) is 7. The Morgan fingerprint density at radius 2 is 1.62 bits per heavy atom. The van der Waals surface area contributed by atoms with Gasteiger partial charge in [0.15, 0.2) is 5.75 Å². The SMILES string of the molecule is COc1cc(/C=C2\SC(=O)N(Cc3ccc(Cl)c(Cl)c3)C2=O)cc(Cl)c1OS(=O)(=O)c1ccc(Cl)cc1. The van der Waals surface area contributed by atoms with Crippen molar-refractivity contribution in [3.8, 4) is 11.5 Å². The molecular formula is C24H15Cl4NO6S2. The summed E-state index contributed by atoms with van der Waals surface area (Å²) in [5.41, 5.74) is 1.02. The maximum Gasteiger partial charge on any atom is 0.339 e. The number of imide groups is 1. The monoisotopic (exact) mass is 617 g/mol. The molecule has 192 valence electrons. The van der Waals surface area contributed by atoms with Crippen LogP contribution < -0.4 is 8.92 Å². The number of rotatable bonds is 7. The molecule has 7 nitrogen and oxygen atoms in total. The van der Waals surface area contributed by atoms with Crippen molar-refractivity contribution in [2.75, 3.05) is 7.11 Å². The van der Waals surface area contributed by atoms with E-state index in [9.17, 15) is 18.0 Å². The molecule has 0 radical (unpaired) electrons. The highest BCUT2D eigenvalue weighted by molar-refractivity contribution is 8.18. The zero-order valence-corrected chi connectivity index (χ0v) is 23.4. The number of nitrogens with zero attached hydrogens (tertiary/aromatic N) is 1. The van der Waals surface area contributed by atoms with E-state index in [-0.39, 0.29) is 32.9 Å². The standard InChI is InChI=1S/C24H15Cl4NO6S2/c1-34-20-10-14(9-19(28)22(20)35-37(32,33)16-5-3-15(25)4-6-16)11-21-23(30)29(24(31)36-21)12-13-2-7-17(26)18(27)8-13/h2-11H,12H2,1H3/b21-11-. The predicted molar refractivity (Wildman–Crippen MR) is 145 cm³/mol. The lowest BCUT2D eigenvalue weighted by Crippen LogP contribution is -2.27. The average molecular weight is 619 g/mol. The molecule has 0 spiro atoms. The van der Waals surface area contributed by atoms with Crippen molar-refractivity contribution in [2.24, 2.45) is 0 Å². The van der Waals surface area contributed by atoms with Crippen molar-refractivity contribution in [1.82, 2.24) is 4.90 Å². The van der Waals surface area contributed by atoms with E-state index >= 15 is 0 Å². The van der Waals surface area contributed by atoms with Gasteiger partial charge in [-0.15, -0.1) is 0 Å². The van der Waals surface area contributed by atoms with Crippen LogP contribution in [0.2, 0.25) is 20.1 Å². The first kappa shape index (κ1) is 27.6. The fraction of sp³-hybridized carbons (Fsp3) is 0.0833. The molecule has 3 aromatic rings. The van der Waals surface area contributed by atoms with Gasteiger partial charge in [0.05, 0.1) is 33.6 Å². The number of amides is 2. The van der Waals surface area contributed by atoms with Crippen molar-refractivity contribution < 1.29 is 26.9 Å². The number of ether oxygens (including phenoxy) is 1. The van der Waals surface area contributed by atoms with E-state index in [2.05, 4.69) is 0 Å². The molecule has 0 saturated carbocycles. The fourth-order valence-electron chi connectivity index (χ4n) is 3.27. The van der Waals surface area contributed by atoms with Gasteiger partial charge >= 0.3 is 10.1 Å². The minimum atomic E-state index is -4.25. The topological polar surface area (TPSA) is 90.0 Å². The maximum absolute atomic E-state index is 12.9. The Labute approximate surface area is 237 Å². The van der Waals surface area contributed by atoms with Gasteiger partial charge in [0.25, 0.3) is 11.1 Å². The van der Waals surface area contributed by atoms with Crippen LogP contribution in [0.4, 0.5) is 4.79 Å². The molecule has 3 aromatic carbocycles. The summed E-state index contributed by atoms with van der Waals surface area (Å²) < 4.78 is 35.9. The lowest BCUT2D eigenvalue weighted by molar-refractivity contribution is -0.123. The molecular weight excluding hydrogens is 604 g/mol. The van der Waals surface area contributed by atoms with Crippen LogP contribution >= 0.6 is 58.2 Å². The van der Waals surface area contributed by atoms with Crippen molar-refractivity contribution in [3.05, 3.63) is 90.7 Å². The van der Waals surface area contributed by atoms with Gasteiger partial charge < -0.3 is 8.92 Å². The van der Waals surface area contributed by atoms with E-state index < -0.39 is 21.3 Å². The lowest BCUT2D eigenvalue weighted by atomic mass is 10.1. The summed E-state index contributed by atoms with van der Waals surface area (Å²) in [6, 6.07) is 13.1. The minimum absolute atomic E-state index is 0.00585. The van der Waals surface area contributed by atoms with Crippen molar-refractivity contribution in [2.45, 2.75) is 11.4 Å². The van der Waals surface area contributed by atoms with Crippen LogP contribution in [0.1, 0.15) is 11.1 Å². The molecule has 0 aromatic heterocycles. The van der Waals surface area contributed by atoms with Gasteiger partial charge in [-0.25, -0.2) is 0 Å². The first-order valence-electron chi connectivity index (χ1n) is 10.3. The molecule has 1 aliphatic heterocycles. The normalized spacial score (nSPS) is 14.9. The number of hydrogen-bond donors (Lipinski definition) is 0. The summed E-state index contributed by atoms with van der Waals surface area (Å²) in [6.45, 7) is 0.0122. The molecule has 2 amide bonds. The molecule has 0 unspecified atom stereocenters. The maximum atomic E-state index is 12.9. The smallest absolute Gasteiger partial charge is 0.339 e. The summed E-state index contributed by atoms with van der Waals surface area (Å²) in [5, 5.41) is 0.482. The molecule has 4 rings (SSSR count). The molecule has 0 atom stereocenters. The van der Waals surface area contributed by atoms with Gasteiger partial charge in [-0.3, -0.25) is 14.5 Å². The van der Waals surface area contributed by atoms with Crippen LogP contribution in [0.15, 0.2) is 64.4 Å². The summed E-state index contributed by atoms with van der Waals surface area (Å²) in [4.78, 5) is 26.5. The number of benzene rings is 3. The molecule has 1 heterocycles. The van der Waals surface area contributed by atoms with Crippen LogP contribution in [0.3, 0.4) is 0 Å². The molecule has 1 saturated heterocycles. The highest BCUT2D eigenvalue weighted by Gasteiger charge is 2.35. The van der Waals surface area contributed by atoms with Gasteiger partial charge in [-0.05, 0) is 77.5 Å². The Morgan fingerprint density at radius 3 is 2.27 bits per heavy atom. The van der Waals surface area contributed by atoms with Crippen molar-refractivity contribution in [3.63, 3.8) is 0 Å². The molecule has 13 heteroatoms. The minimum Gasteiger partial charge on any atom is -0.493 e. The number of halogens is 4. The van der Waals surface area contributed by atoms with E-state index in [1.165, 1.54) is 49.6 Å². The van der Waals surface area contributed by atoms with Gasteiger partial charge in [-0.2, -0.15) is 8.42 Å². The molecule has 0 aliphatic carbocycles. The van der Waals surface area contributed by atoms with Gasteiger partial charge in [0.1, 0.15) is 4.90 Å². The average Bonchev–Trinajstić information content (AvgIpc) is 3.10. The molecule has 0 N–H and O–H groups in total. The Hall–Kier alpha value is -2.40. The molecule has 0 bridgehead atoms. The molecule has 37 heavy (non-hydrogen) atoms. The Morgan fingerprint density at radius 1 is 0.919 bits per heavy atom. The predicted octanol–water partition coefficient (Wildman–Crippen LogP) is 7.31. The largest absolute Gasteiger partial charge is 0.493 e. The van der Waals surface area contributed by atoms with Crippen LogP contribution in [-0.2, 0) is 21.5 Å². The first-order valence-corrected chi connectivity index (χ1v) is 14.0. The third-order valence-corrected chi connectivity index (χ3v) is 8.46. The van der Waals surface area contributed by atoms with Gasteiger partial charge in [0, 0.05) is 5.02 Å². The summed E-state index contributed by atoms with van der Waals surface area (Å²) in [7, 11) is -2.94. The summed E-state index contributed by atoms with van der Waals surface area (Å²) >= 11 is 24.9. The highest BCUT2D eigenvalue weighted by atomic mass is 35.5. The van der Waals surface area contributed by atoms with Gasteiger partial charge in [-0.1, -0.05) is 52.5 Å². The summed E-state index contributed by atoms with van der Waals surface area (Å²) in [5.74, 6) is -0.739. The third kappa shape index (κ3) is 6.19. The van der Waals surface area contributed by atoms with Crippen LogP contribution in [0.25, 0.3) is 6.08 Å². The van der Waals surface area contributed by atoms with Crippen molar-refractivity contribution >= 4 is 85.5 Å². The van der Waals surface area contributed by atoms with E-state index in [1.54, 1.807) is 18.2 Å². The highest BCUT2D eigenvalue weighted by Crippen LogP contribution is 2.40. The number of thioether (sulfide) groups is 1. The van der Waals surface area contributed by atoms with Crippen molar-refractivity contribution in [1.29, 1.82) is 0 Å². The Balaban J connectivity index is 1.59. The number of methoxy groups -OCH3 is 1. The summed E-state index contributed by atoms with van der Waals surface area (Å²) in [6.07, 6.45) is 1.45. The van der Waals surface area contributed by atoms with E-state index in [0.29, 0.717) is 26.2 Å². The van der Waals surface area contributed by atoms with E-state index in [4.69, 9.17) is 55.3 Å². The lowest BCUT2D eigenvalue weighted by Gasteiger charge is -2.14. The number of carbonyl (C=O) groups is 2. The van der Waals surface area contributed by atoms with E-state index in [0.717, 1.165) is 16.7 Å². The number of carbonyl (C=O) groups excluding carboxylic acids is 2. The second-order valence-corrected chi connectivity index (χ2v) is 11.7. The van der Waals surface area contributed by atoms with Crippen LogP contribution in [-0.4, -0.2) is 31.6 Å². The zero-order chi connectivity index (χ0) is 26.9. The van der Waals surface area contributed by atoms with Gasteiger partial charge in [0.2, 0.25) is 5.75 Å².